The number of carbonyl (C=O) groups excluding carboxylic acids is 4. The van der Waals surface area contributed by atoms with Gasteiger partial charge < -0.3 is 54.1 Å². The Bertz CT molecular complexity index is 5520. The number of alkyl halides is 12. The van der Waals surface area contributed by atoms with E-state index in [-0.39, 0.29) is 24.7 Å². The number of H-pyrrole nitrogens is 2. The summed E-state index contributed by atoms with van der Waals surface area (Å²) in [6, 6.07) is 37.8. The number of rotatable bonds is 24. The molecule has 684 valence electrons. The number of aldehydes is 2. The second-order valence-corrected chi connectivity index (χ2v) is 31.9. The summed E-state index contributed by atoms with van der Waals surface area (Å²) in [6.07, 6.45) is -5.95. The van der Waals surface area contributed by atoms with Crippen LogP contribution in [0.5, 0.6) is 11.5 Å². The lowest BCUT2D eigenvalue weighted by Gasteiger charge is -2.27. The molecule has 0 bridgehead atoms. The first-order valence-corrected chi connectivity index (χ1v) is 41.0. The number of halogens is 13. The highest BCUT2D eigenvalue weighted by Crippen LogP contribution is 2.36. The largest absolute Gasteiger partial charge is 0.491 e. The van der Waals surface area contributed by atoms with Crippen molar-refractivity contribution in [1.29, 1.82) is 0 Å². The number of benzene rings is 4. The van der Waals surface area contributed by atoms with Gasteiger partial charge in [-0.3, -0.25) is 29.2 Å². The summed E-state index contributed by atoms with van der Waals surface area (Å²) in [5.74, 6) is 3.05. The van der Waals surface area contributed by atoms with E-state index >= 15 is 0 Å². The Morgan fingerprint density at radius 3 is 1.27 bits per heavy atom. The van der Waals surface area contributed by atoms with Crippen LogP contribution in [0.25, 0.3) is 22.1 Å². The smallest absolute Gasteiger partial charge is 0.416 e. The Hall–Kier alpha value is -12.6. The molecule has 0 radical (unpaired) electrons. The fraction of sp³-hybridized carbons (Fsp3) is 0.319. The fourth-order valence-electron chi connectivity index (χ4n) is 12.2. The number of hydrogen-bond acceptors (Lipinski definition) is 21. The minimum atomic E-state index is -4.47. The van der Waals surface area contributed by atoms with Crippen LogP contribution in [0, 0.1) is 0 Å². The molecule has 8 aromatic heterocycles. The second kappa shape index (κ2) is 45.4. The summed E-state index contributed by atoms with van der Waals surface area (Å²) in [5.41, 5.74) is 1.23. The molecule has 5 N–H and O–H groups in total. The predicted octanol–water partition coefficient (Wildman–Crippen LogP) is 19.8. The number of aliphatic hydroxyl groups is 1. The maximum absolute atomic E-state index is 13.1. The Labute approximate surface area is 742 Å². The van der Waals surface area contributed by atoms with E-state index in [4.69, 9.17) is 28.4 Å². The standard InChI is InChI=1S/C32H36F3N5O5.C19H19F3N2O3.C14H11F3N2O.C13H10BrF3N2.C13H17N3O2/c1-31(2,3)45-30(42)40(20-21-4-7-23(8-5-21)32(33,34)35)27-9-6-22(17-36-27)28(41)26-19-38-29-25(26)16-24(18-37-29)44-15-12-39-10-13-43-14-11-39;1-18(2,3)27-17(26)24(16-9-6-14(12-25)10-23-16)11-13-4-7-15(8-5-13)19(20,21)22;15-14(16,17)12-4-1-10(2-5-12)7-18-13-6-3-11(9-20)8-19-13;14-11-5-6-12(19-8-11)18-7-9-1-3-10(4-2-9)13(15,16)17;1-2-14-13-11(1)9-12(10-15-13)18-8-5-16-3-6-17-7-4-16/h4-9,16-19,28,41H,10-15,20H2,1-3H3,(H,37,38);4-10,12H,11H2,1-3H3;1-6,8-9H,7H2,(H,18,19);1-6,8H,7H2,(H,18,19);1-2,9-10H,3-8H2,(H,14,15). The number of morpholine rings is 2. The van der Waals surface area contributed by atoms with Crippen molar-refractivity contribution in [2.75, 3.05) is 99.3 Å². The van der Waals surface area contributed by atoms with Crippen molar-refractivity contribution in [3.63, 3.8) is 0 Å². The average Bonchev–Trinajstić information content (AvgIpc) is 1.64. The topological polar surface area (TPSA) is 290 Å². The first kappa shape index (κ1) is 98.6. The first-order chi connectivity index (χ1) is 61.2. The number of nitrogens with zero attached hydrogens (tertiary/aromatic N) is 10. The number of anilines is 4. The SMILES string of the molecule is CC(C)(C)OC(=O)N(Cc1ccc(C(F)(F)F)cc1)c1ccc(C(O)c2c[nH]c3ncc(OCCN4CCOCC4)cc23)cn1.CC(C)(C)OC(=O)N(Cc1ccc(C(F)(F)F)cc1)c1ccc(C=O)cn1.FC(F)(F)c1ccc(CNc2ccc(Br)cn2)cc1.O=Cc1ccc(NCc2ccc(C(F)(F)F)cc2)nc1.c1cc2cc(OCCN3CCOCC3)cnc2[nH]1. The summed E-state index contributed by atoms with van der Waals surface area (Å²) in [7, 11) is 0. The van der Waals surface area contributed by atoms with E-state index in [1.807, 2.05) is 30.5 Å². The number of fused-ring (bicyclic) bond motifs is 2. The Balaban J connectivity index is 0.000000177. The first-order valence-electron chi connectivity index (χ1n) is 40.2. The van der Waals surface area contributed by atoms with Crippen LogP contribution in [0.15, 0.2) is 218 Å². The van der Waals surface area contributed by atoms with Gasteiger partial charge in [0.25, 0.3) is 0 Å². The molecule has 1 atom stereocenters. The third-order valence-electron chi connectivity index (χ3n) is 18.9. The molecule has 0 saturated carbocycles. The predicted molar refractivity (Wildman–Crippen MR) is 462 cm³/mol. The number of aromatic nitrogens is 8. The molecule has 129 heavy (non-hydrogen) atoms. The summed E-state index contributed by atoms with van der Waals surface area (Å²) in [4.78, 5) is 85.4. The number of amides is 2. The molecule has 1 unspecified atom stereocenters. The van der Waals surface area contributed by atoms with Crippen LogP contribution >= 0.6 is 15.9 Å². The van der Waals surface area contributed by atoms with Crippen molar-refractivity contribution in [3.05, 3.63) is 285 Å². The van der Waals surface area contributed by atoms with Crippen LogP contribution in [0.2, 0.25) is 0 Å². The van der Waals surface area contributed by atoms with Gasteiger partial charge in [-0.05, 0) is 189 Å². The summed E-state index contributed by atoms with van der Waals surface area (Å²) in [6.45, 7) is 20.6. The highest BCUT2D eigenvalue weighted by molar-refractivity contribution is 9.10. The molecular weight excluding hydrogens is 1770 g/mol. The third-order valence-corrected chi connectivity index (χ3v) is 19.4. The van der Waals surface area contributed by atoms with Crippen molar-refractivity contribution < 1.29 is 105 Å². The maximum atomic E-state index is 13.1. The van der Waals surface area contributed by atoms with Crippen LogP contribution in [-0.2, 0) is 69.8 Å². The highest BCUT2D eigenvalue weighted by Gasteiger charge is 2.35. The molecule has 2 aliphatic heterocycles. The molecule has 10 heterocycles. The van der Waals surface area contributed by atoms with Crippen molar-refractivity contribution in [2.45, 2.75) is 110 Å². The molecule has 4 aromatic carbocycles. The van der Waals surface area contributed by atoms with E-state index in [2.05, 4.69) is 76.2 Å². The van der Waals surface area contributed by atoms with Gasteiger partial charge in [0.15, 0.2) is 12.6 Å². The fourth-order valence-corrected chi connectivity index (χ4v) is 12.4. The number of aromatic amines is 2. The van der Waals surface area contributed by atoms with Crippen LogP contribution < -0.4 is 29.9 Å². The number of hydrogen-bond donors (Lipinski definition) is 5. The van der Waals surface area contributed by atoms with E-state index < -0.39 is 76.5 Å². The van der Waals surface area contributed by atoms with Gasteiger partial charge in [0.1, 0.15) is 76.6 Å². The molecule has 2 saturated heterocycles. The summed E-state index contributed by atoms with van der Waals surface area (Å²) in [5, 5.41) is 19.1. The van der Waals surface area contributed by atoms with E-state index in [1.54, 1.807) is 96.7 Å². The lowest BCUT2D eigenvalue weighted by atomic mass is 10.0. The van der Waals surface area contributed by atoms with E-state index in [0.717, 1.165) is 128 Å². The van der Waals surface area contributed by atoms with Gasteiger partial charge in [-0.1, -0.05) is 54.6 Å². The zero-order valence-corrected chi connectivity index (χ0v) is 72.3. The Morgan fingerprint density at radius 2 is 0.884 bits per heavy atom. The van der Waals surface area contributed by atoms with Gasteiger partial charge in [-0.2, -0.15) is 52.7 Å². The van der Waals surface area contributed by atoms with Crippen molar-refractivity contribution in [2.24, 2.45) is 0 Å². The molecule has 2 aliphatic rings. The van der Waals surface area contributed by atoms with Crippen molar-refractivity contribution in [1.82, 2.24) is 49.7 Å². The maximum Gasteiger partial charge on any atom is 0.416 e. The van der Waals surface area contributed by atoms with E-state index in [9.17, 15) is 77.0 Å². The zero-order valence-electron chi connectivity index (χ0n) is 70.7. The summed E-state index contributed by atoms with van der Waals surface area (Å²) < 4.78 is 186. The molecule has 25 nitrogen and oxygen atoms in total. The molecule has 2 amide bonds. The van der Waals surface area contributed by atoms with Crippen molar-refractivity contribution >= 4 is 86.0 Å². The monoisotopic (exact) mass is 1860 g/mol. The zero-order chi connectivity index (χ0) is 93.1. The van der Waals surface area contributed by atoms with E-state index in [1.165, 1.54) is 89.1 Å². The van der Waals surface area contributed by atoms with Gasteiger partial charge in [-0.15, -0.1) is 0 Å². The lowest BCUT2D eigenvalue weighted by molar-refractivity contribution is -0.138. The molecule has 38 heteroatoms. The summed E-state index contributed by atoms with van der Waals surface area (Å²) >= 11 is 3.27. The number of pyridine rings is 6. The lowest BCUT2D eigenvalue weighted by Crippen LogP contribution is -2.38. The Morgan fingerprint density at radius 1 is 0.481 bits per heavy atom. The molecule has 0 aliphatic carbocycles. The third kappa shape index (κ3) is 31.7. The average molecular weight is 1870 g/mol. The minimum Gasteiger partial charge on any atom is -0.491 e. The molecule has 2 fully saturated rings. The molecular formula is C91H93BrF12N14O11. The van der Waals surface area contributed by atoms with Crippen molar-refractivity contribution in [3.8, 4) is 11.5 Å². The van der Waals surface area contributed by atoms with Gasteiger partial charge in [0.05, 0.1) is 74.2 Å². The Kier molecular flexibility index (Phi) is 34.7. The molecule has 14 rings (SSSR count). The number of ether oxygens (including phenoxy) is 6. The molecule has 12 aromatic rings. The van der Waals surface area contributed by atoms with Crippen LogP contribution in [0.1, 0.15) is 124 Å². The number of carbonyl (C=O) groups is 4. The van der Waals surface area contributed by atoms with Crippen LogP contribution in [0.3, 0.4) is 0 Å². The van der Waals surface area contributed by atoms with Crippen LogP contribution in [0.4, 0.5) is 85.5 Å². The molecule has 0 spiro atoms. The van der Waals surface area contributed by atoms with E-state index in [0.29, 0.717) is 119 Å². The van der Waals surface area contributed by atoms with Crippen LogP contribution in [-0.4, -0.2) is 170 Å². The number of aliphatic hydroxyl groups excluding tert-OH is 1. The normalized spacial score (nSPS) is 13.6. The van der Waals surface area contributed by atoms with Gasteiger partial charge in [-0.25, -0.2) is 39.5 Å². The quantitative estimate of drug-likeness (QED) is 0.0277. The number of nitrogens with one attached hydrogen (secondary N) is 4. The van der Waals surface area contributed by atoms with Gasteiger partial charge in [0.2, 0.25) is 0 Å². The second-order valence-electron chi connectivity index (χ2n) is 31.0. The highest BCUT2D eigenvalue weighted by atomic mass is 79.9. The minimum absolute atomic E-state index is 0.0412. The van der Waals surface area contributed by atoms with Gasteiger partial charge >= 0.3 is 36.9 Å². The van der Waals surface area contributed by atoms with Gasteiger partial charge in [0, 0.05) is 127 Å².